The Kier molecular flexibility index (Phi) is 6.09. The second-order valence-electron chi connectivity index (χ2n) is 6.75. The number of unbranched alkanes of at least 4 members (excludes halogenated alkanes) is 1. The van der Waals surface area contributed by atoms with Gasteiger partial charge in [-0.1, -0.05) is 24.9 Å². The molecule has 2 aromatic heterocycles. The maximum atomic E-state index is 12.8. The van der Waals surface area contributed by atoms with E-state index in [0.29, 0.717) is 17.7 Å². The Labute approximate surface area is 159 Å². The highest BCUT2D eigenvalue weighted by Crippen LogP contribution is 2.29. The third-order valence-corrected chi connectivity index (χ3v) is 5.00. The molecule has 0 atom stereocenters. The molecule has 0 spiro atoms. The molecule has 3 rings (SSSR count). The van der Waals surface area contributed by atoms with Gasteiger partial charge < -0.3 is 4.90 Å². The standard InChI is InChI=1S/C20H25ClN4O/c1-3-4-13-25-20(21)18(15(2)23-25)7-8-19(26)24(17-5-6-17)14-16-9-11-22-12-10-16/h7-12,17H,3-6,13-14H2,1-2H3/b8-7+. The summed E-state index contributed by atoms with van der Waals surface area (Å²) in [6.45, 7) is 5.47. The average Bonchev–Trinajstić information content (AvgIpc) is 3.44. The third kappa shape index (κ3) is 4.52. The second-order valence-corrected chi connectivity index (χ2v) is 7.11. The zero-order chi connectivity index (χ0) is 18.5. The van der Waals surface area contributed by atoms with Gasteiger partial charge in [0.1, 0.15) is 5.15 Å². The summed E-state index contributed by atoms with van der Waals surface area (Å²) in [4.78, 5) is 18.7. The van der Waals surface area contributed by atoms with E-state index in [1.807, 2.05) is 28.6 Å². The normalized spacial score (nSPS) is 14.1. The van der Waals surface area contributed by atoms with Crippen LogP contribution in [0.25, 0.3) is 6.08 Å². The summed E-state index contributed by atoms with van der Waals surface area (Å²) in [6, 6.07) is 4.24. The number of halogens is 1. The first kappa shape index (κ1) is 18.6. The van der Waals surface area contributed by atoms with Gasteiger partial charge in [-0.25, -0.2) is 0 Å². The quantitative estimate of drug-likeness (QED) is 0.651. The molecule has 0 bridgehead atoms. The third-order valence-electron chi connectivity index (χ3n) is 4.60. The van der Waals surface area contributed by atoms with Gasteiger partial charge in [-0.2, -0.15) is 5.10 Å². The van der Waals surface area contributed by atoms with Crippen LogP contribution in [0.1, 0.15) is 49.4 Å². The van der Waals surface area contributed by atoms with Gasteiger partial charge in [0.25, 0.3) is 0 Å². The lowest BCUT2D eigenvalue weighted by Crippen LogP contribution is -2.31. The Morgan fingerprint density at radius 1 is 1.38 bits per heavy atom. The Morgan fingerprint density at radius 2 is 2.12 bits per heavy atom. The van der Waals surface area contributed by atoms with Crippen molar-refractivity contribution in [2.75, 3.05) is 0 Å². The number of hydrogen-bond acceptors (Lipinski definition) is 3. The van der Waals surface area contributed by atoms with Crippen molar-refractivity contribution in [2.45, 2.75) is 58.7 Å². The van der Waals surface area contributed by atoms with Crippen molar-refractivity contribution in [3.8, 4) is 0 Å². The summed E-state index contributed by atoms with van der Waals surface area (Å²) < 4.78 is 1.82. The predicted molar refractivity (Wildman–Crippen MR) is 104 cm³/mol. The van der Waals surface area contributed by atoms with Crippen molar-refractivity contribution in [3.63, 3.8) is 0 Å². The van der Waals surface area contributed by atoms with Crippen LogP contribution in [0.5, 0.6) is 0 Å². The molecule has 1 aliphatic rings. The lowest BCUT2D eigenvalue weighted by Gasteiger charge is -2.20. The van der Waals surface area contributed by atoms with Crippen LogP contribution in [0.3, 0.4) is 0 Å². The number of aromatic nitrogens is 3. The molecule has 1 saturated carbocycles. The smallest absolute Gasteiger partial charge is 0.247 e. The molecule has 6 heteroatoms. The van der Waals surface area contributed by atoms with Crippen LogP contribution in [-0.2, 0) is 17.9 Å². The van der Waals surface area contributed by atoms with Crippen molar-refractivity contribution >= 4 is 23.6 Å². The summed E-state index contributed by atoms with van der Waals surface area (Å²) in [5, 5.41) is 5.09. The number of rotatable bonds is 8. The number of amides is 1. The molecule has 0 aromatic carbocycles. The first-order valence-electron chi connectivity index (χ1n) is 9.20. The number of pyridine rings is 1. The molecular formula is C20H25ClN4O. The lowest BCUT2D eigenvalue weighted by atomic mass is 10.2. The van der Waals surface area contributed by atoms with Gasteiger partial charge in [-0.3, -0.25) is 14.5 Å². The van der Waals surface area contributed by atoms with Crippen LogP contribution in [0, 0.1) is 6.92 Å². The van der Waals surface area contributed by atoms with Crippen LogP contribution < -0.4 is 0 Å². The van der Waals surface area contributed by atoms with Crippen molar-refractivity contribution in [1.82, 2.24) is 19.7 Å². The Balaban J connectivity index is 1.72. The summed E-state index contributed by atoms with van der Waals surface area (Å²) in [5.74, 6) is 0.0149. The largest absolute Gasteiger partial charge is 0.332 e. The number of carbonyl (C=O) groups excluding carboxylic acids is 1. The van der Waals surface area contributed by atoms with Gasteiger partial charge in [-0.15, -0.1) is 0 Å². The highest BCUT2D eigenvalue weighted by Gasteiger charge is 2.31. The molecule has 0 N–H and O–H groups in total. The second kappa shape index (κ2) is 8.49. The summed E-state index contributed by atoms with van der Waals surface area (Å²) in [7, 11) is 0. The number of hydrogen-bond donors (Lipinski definition) is 0. The van der Waals surface area contributed by atoms with Gasteiger partial charge in [0, 0.05) is 43.2 Å². The van der Waals surface area contributed by atoms with E-state index < -0.39 is 0 Å². The molecule has 1 fully saturated rings. The van der Waals surface area contributed by atoms with E-state index in [4.69, 9.17) is 11.6 Å². The van der Waals surface area contributed by atoms with Crippen LogP contribution in [0.2, 0.25) is 5.15 Å². The molecule has 0 unspecified atom stereocenters. The molecule has 1 amide bonds. The molecule has 0 saturated heterocycles. The fraction of sp³-hybridized carbons (Fsp3) is 0.450. The number of nitrogens with zero attached hydrogens (tertiary/aromatic N) is 4. The molecule has 2 heterocycles. The summed E-state index contributed by atoms with van der Waals surface area (Å²) >= 11 is 6.45. The van der Waals surface area contributed by atoms with Crippen molar-refractivity contribution in [2.24, 2.45) is 0 Å². The maximum Gasteiger partial charge on any atom is 0.247 e. The SMILES string of the molecule is CCCCn1nc(C)c(/C=C/C(=O)N(Cc2ccncc2)C2CC2)c1Cl. The molecule has 0 radical (unpaired) electrons. The van der Waals surface area contributed by atoms with E-state index in [0.717, 1.165) is 49.0 Å². The minimum atomic E-state index is 0.0149. The molecule has 0 aliphatic heterocycles. The first-order valence-corrected chi connectivity index (χ1v) is 9.58. The minimum absolute atomic E-state index is 0.0149. The number of carbonyl (C=O) groups is 1. The zero-order valence-corrected chi connectivity index (χ0v) is 16.1. The lowest BCUT2D eigenvalue weighted by molar-refractivity contribution is -0.127. The van der Waals surface area contributed by atoms with Gasteiger partial charge in [0.05, 0.1) is 5.69 Å². The van der Waals surface area contributed by atoms with E-state index in [2.05, 4.69) is 17.0 Å². The van der Waals surface area contributed by atoms with Crippen LogP contribution in [0.4, 0.5) is 0 Å². The fourth-order valence-electron chi connectivity index (χ4n) is 2.92. The average molecular weight is 373 g/mol. The highest BCUT2D eigenvalue weighted by atomic mass is 35.5. The van der Waals surface area contributed by atoms with E-state index in [-0.39, 0.29) is 5.91 Å². The topological polar surface area (TPSA) is 51.0 Å². The Bertz CT molecular complexity index is 781. The molecule has 138 valence electrons. The van der Waals surface area contributed by atoms with Crippen LogP contribution >= 0.6 is 11.6 Å². The molecule has 26 heavy (non-hydrogen) atoms. The van der Waals surface area contributed by atoms with Crippen molar-refractivity contribution in [1.29, 1.82) is 0 Å². The summed E-state index contributed by atoms with van der Waals surface area (Å²) in [5.41, 5.74) is 2.77. The predicted octanol–water partition coefficient (Wildman–Crippen LogP) is 4.24. The van der Waals surface area contributed by atoms with Crippen molar-refractivity contribution < 1.29 is 4.79 Å². The zero-order valence-electron chi connectivity index (χ0n) is 15.4. The van der Waals surface area contributed by atoms with E-state index in [1.54, 1.807) is 24.5 Å². The fourth-order valence-corrected chi connectivity index (χ4v) is 3.24. The van der Waals surface area contributed by atoms with E-state index in [1.165, 1.54) is 0 Å². The highest BCUT2D eigenvalue weighted by molar-refractivity contribution is 6.31. The minimum Gasteiger partial charge on any atom is -0.332 e. The Morgan fingerprint density at radius 3 is 2.77 bits per heavy atom. The van der Waals surface area contributed by atoms with Gasteiger partial charge in [-0.05, 0) is 50.0 Å². The van der Waals surface area contributed by atoms with Crippen LogP contribution in [-0.4, -0.2) is 31.6 Å². The summed E-state index contributed by atoms with van der Waals surface area (Å²) in [6.07, 6.45) is 11.2. The van der Waals surface area contributed by atoms with E-state index >= 15 is 0 Å². The molecule has 2 aromatic rings. The monoisotopic (exact) mass is 372 g/mol. The van der Waals surface area contributed by atoms with Gasteiger partial charge in [0.15, 0.2) is 0 Å². The molecular weight excluding hydrogens is 348 g/mol. The van der Waals surface area contributed by atoms with Crippen molar-refractivity contribution in [3.05, 3.63) is 52.6 Å². The van der Waals surface area contributed by atoms with Gasteiger partial charge >= 0.3 is 0 Å². The van der Waals surface area contributed by atoms with Gasteiger partial charge in [0.2, 0.25) is 5.91 Å². The van der Waals surface area contributed by atoms with E-state index in [9.17, 15) is 4.79 Å². The first-order chi connectivity index (χ1) is 12.6. The Hall–Kier alpha value is -2.14. The number of aryl methyl sites for hydroxylation is 2. The maximum absolute atomic E-state index is 12.8. The molecule has 1 aliphatic carbocycles. The van der Waals surface area contributed by atoms with Crippen LogP contribution in [0.15, 0.2) is 30.6 Å². The molecule has 5 nitrogen and oxygen atoms in total.